The standard InChI is InChI=1S/C18H27N7O3/c1-28-17(27)14(6-4-8-23-18(20)21)24-16(26)13(19)9-11-10-25(22)15-7-3-2-5-12(11)15/h2-3,5,7,10,13-14H,4,6,8-9,19,22H2,1H3,(H,24,26)(H4,20,21,23). The highest BCUT2D eigenvalue weighted by Crippen LogP contribution is 2.20. The van der Waals surface area contributed by atoms with E-state index in [1.807, 2.05) is 24.3 Å². The third-order valence-electron chi connectivity index (χ3n) is 4.35. The van der Waals surface area contributed by atoms with Crippen LogP contribution in [-0.2, 0) is 20.7 Å². The first kappa shape index (κ1) is 21.0. The highest BCUT2D eigenvalue weighted by molar-refractivity contribution is 5.89. The predicted molar refractivity (Wildman–Crippen MR) is 108 cm³/mol. The van der Waals surface area contributed by atoms with Crippen molar-refractivity contribution in [1.29, 1.82) is 0 Å². The first-order valence-electron chi connectivity index (χ1n) is 8.86. The van der Waals surface area contributed by atoms with Gasteiger partial charge in [-0.15, -0.1) is 0 Å². The summed E-state index contributed by atoms with van der Waals surface area (Å²) < 4.78 is 6.25. The molecule has 1 heterocycles. The van der Waals surface area contributed by atoms with Gasteiger partial charge < -0.3 is 33.1 Å². The molecular formula is C18H27N7O3. The van der Waals surface area contributed by atoms with Crippen LogP contribution in [0.5, 0.6) is 0 Å². The van der Waals surface area contributed by atoms with E-state index in [1.165, 1.54) is 11.8 Å². The van der Waals surface area contributed by atoms with Crippen molar-refractivity contribution in [2.45, 2.75) is 31.3 Å². The van der Waals surface area contributed by atoms with Gasteiger partial charge in [-0.2, -0.15) is 0 Å². The van der Waals surface area contributed by atoms with Crippen molar-refractivity contribution in [2.24, 2.45) is 22.2 Å². The number of nitrogen functional groups attached to an aromatic ring is 1. The van der Waals surface area contributed by atoms with E-state index in [0.29, 0.717) is 19.4 Å². The Hall–Kier alpha value is -3.27. The van der Waals surface area contributed by atoms with Crippen LogP contribution in [0.2, 0.25) is 0 Å². The van der Waals surface area contributed by atoms with Crippen LogP contribution >= 0.6 is 0 Å². The Kier molecular flexibility index (Phi) is 7.21. The normalized spacial score (nSPS) is 12.9. The topological polar surface area (TPSA) is 177 Å². The Morgan fingerprint density at radius 2 is 2.00 bits per heavy atom. The average molecular weight is 389 g/mol. The zero-order valence-electron chi connectivity index (χ0n) is 15.8. The van der Waals surface area contributed by atoms with Gasteiger partial charge in [-0.1, -0.05) is 18.2 Å². The van der Waals surface area contributed by atoms with Gasteiger partial charge in [0.05, 0.1) is 18.7 Å². The van der Waals surface area contributed by atoms with Gasteiger partial charge in [0.15, 0.2) is 5.96 Å². The minimum Gasteiger partial charge on any atom is -0.467 e. The molecule has 0 radical (unpaired) electrons. The zero-order valence-corrected chi connectivity index (χ0v) is 15.8. The molecule has 0 saturated heterocycles. The number of aliphatic imine (C=N–C) groups is 1. The number of hydrogen-bond donors (Lipinski definition) is 5. The maximum atomic E-state index is 12.5. The monoisotopic (exact) mass is 389 g/mol. The van der Waals surface area contributed by atoms with Crippen LogP contribution in [0.15, 0.2) is 35.5 Å². The molecule has 0 saturated carbocycles. The molecule has 2 unspecified atom stereocenters. The van der Waals surface area contributed by atoms with Gasteiger partial charge in [0, 0.05) is 18.1 Å². The number of nitrogens with zero attached hydrogens (tertiary/aromatic N) is 2. The molecule has 10 nitrogen and oxygen atoms in total. The molecule has 9 N–H and O–H groups in total. The number of methoxy groups -OCH3 is 1. The van der Waals surface area contributed by atoms with Gasteiger partial charge in [0.25, 0.3) is 0 Å². The summed E-state index contributed by atoms with van der Waals surface area (Å²) in [7, 11) is 1.26. The first-order valence-corrected chi connectivity index (χ1v) is 8.86. The molecule has 1 amide bonds. The molecule has 2 aromatic rings. The van der Waals surface area contributed by atoms with Crippen LogP contribution in [0.1, 0.15) is 18.4 Å². The Balaban J connectivity index is 2.01. The largest absolute Gasteiger partial charge is 0.467 e. The number of nitrogens with two attached hydrogens (primary N) is 4. The van der Waals surface area contributed by atoms with Crippen molar-refractivity contribution in [3.63, 3.8) is 0 Å². The number of nitrogens with one attached hydrogen (secondary N) is 1. The molecule has 2 rings (SSSR count). The molecule has 0 fully saturated rings. The second kappa shape index (κ2) is 9.60. The summed E-state index contributed by atoms with van der Waals surface area (Å²) in [5.74, 6) is 4.91. The van der Waals surface area contributed by atoms with Gasteiger partial charge in [-0.05, 0) is 30.9 Å². The fourth-order valence-corrected chi connectivity index (χ4v) is 2.94. The summed E-state index contributed by atoms with van der Waals surface area (Å²) in [6.45, 7) is 0.341. The van der Waals surface area contributed by atoms with E-state index in [9.17, 15) is 9.59 Å². The predicted octanol–water partition coefficient (Wildman–Crippen LogP) is -1.06. The first-order chi connectivity index (χ1) is 13.3. The van der Waals surface area contributed by atoms with Gasteiger partial charge >= 0.3 is 5.97 Å². The fourth-order valence-electron chi connectivity index (χ4n) is 2.94. The van der Waals surface area contributed by atoms with Gasteiger partial charge in [0.2, 0.25) is 5.91 Å². The smallest absolute Gasteiger partial charge is 0.328 e. The molecule has 0 aliphatic heterocycles. The molecule has 28 heavy (non-hydrogen) atoms. The van der Waals surface area contributed by atoms with Crippen LogP contribution in [0.3, 0.4) is 0 Å². The number of ether oxygens (including phenoxy) is 1. The number of amides is 1. The molecule has 1 aromatic heterocycles. The molecule has 0 aliphatic carbocycles. The summed E-state index contributed by atoms with van der Waals surface area (Å²) in [6, 6.07) is 5.89. The van der Waals surface area contributed by atoms with Crippen LogP contribution < -0.4 is 28.4 Å². The van der Waals surface area contributed by atoms with E-state index >= 15 is 0 Å². The number of fused-ring (bicyclic) bond motifs is 1. The molecule has 152 valence electrons. The summed E-state index contributed by atoms with van der Waals surface area (Å²) >= 11 is 0. The lowest BCUT2D eigenvalue weighted by atomic mass is 10.0. The van der Waals surface area contributed by atoms with E-state index in [4.69, 9.17) is 27.8 Å². The van der Waals surface area contributed by atoms with E-state index < -0.39 is 24.0 Å². The fraction of sp³-hybridized carbons (Fsp3) is 0.389. The van der Waals surface area contributed by atoms with Crippen LogP contribution in [0, 0.1) is 0 Å². The van der Waals surface area contributed by atoms with Gasteiger partial charge in [-0.25, -0.2) is 4.79 Å². The minimum atomic E-state index is -0.851. The molecule has 0 bridgehead atoms. The molecule has 1 aromatic carbocycles. The molecule has 10 heteroatoms. The number of aromatic nitrogens is 1. The van der Waals surface area contributed by atoms with Crippen molar-refractivity contribution in [2.75, 3.05) is 19.5 Å². The van der Waals surface area contributed by atoms with E-state index in [0.717, 1.165) is 16.5 Å². The maximum Gasteiger partial charge on any atom is 0.328 e. The van der Waals surface area contributed by atoms with Crippen molar-refractivity contribution in [3.05, 3.63) is 36.0 Å². The third-order valence-corrected chi connectivity index (χ3v) is 4.35. The lowest BCUT2D eigenvalue weighted by Crippen LogP contribution is -2.49. The number of carbonyl (C=O) groups excluding carboxylic acids is 2. The highest BCUT2D eigenvalue weighted by Gasteiger charge is 2.25. The number of benzene rings is 1. The average Bonchev–Trinajstić information content (AvgIpc) is 2.99. The summed E-state index contributed by atoms with van der Waals surface area (Å²) in [4.78, 5) is 28.3. The number of carbonyl (C=O) groups is 2. The van der Waals surface area contributed by atoms with Crippen LogP contribution in [0.4, 0.5) is 0 Å². The van der Waals surface area contributed by atoms with Crippen LogP contribution in [-0.4, -0.2) is 48.3 Å². The van der Waals surface area contributed by atoms with Crippen molar-refractivity contribution < 1.29 is 14.3 Å². The number of esters is 1. The molecule has 2 atom stereocenters. The third kappa shape index (κ3) is 5.36. The molecule has 0 aliphatic rings. The van der Waals surface area contributed by atoms with E-state index in [-0.39, 0.29) is 12.4 Å². The second-order valence-corrected chi connectivity index (χ2v) is 6.42. The second-order valence-electron chi connectivity index (χ2n) is 6.42. The quantitative estimate of drug-likeness (QED) is 0.119. The molecule has 0 spiro atoms. The summed E-state index contributed by atoms with van der Waals surface area (Å²) in [5.41, 5.74) is 18.3. The molecular weight excluding hydrogens is 362 g/mol. The van der Waals surface area contributed by atoms with E-state index in [2.05, 4.69) is 10.3 Å². The van der Waals surface area contributed by atoms with Crippen LogP contribution in [0.25, 0.3) is 10.9 Å². The highest BCUT2D eigenvalue weighted by atomic mass is 16.5. The Bertz CT molecular complexity index is 858. The Morgan fingerprint density at radius 1 is 1.29 bits per heavy atom. The lowest BCUT2D eigenvalue weighted by Gasteiger charge is -2.19. The zero-order chi connectivity index (χ0) is 20.7. The van der Waals surface area contributed by atoms with Crippen molar-refractivity contribution >= 4 is 28.7 Å². The van der Waals surface area contributed by atoms with Gasteiger partial charge in [0.1, 0.15) is 6.04 Å². The number of rotatable bonds is 9. The SMILES string of the molecule is COC(=O)C(CCCN=C(N)N)NC(=O)C(N)Cc1cn(N)c2ccccc12. The van der Waals surface area contributed by atoms with E-state index in [1.54, 1.807) is 6.20 Å². The number of guanidine groups is 1. The minimum absolute atomic E-state index is 0.0280. The maximum absolute atomic E-state index is 12.5. The van der Waals surface area contributed by atoms with Crippen molar-refractivity contribution in [3.8, 4) is 0 Å². The number of para-hydroxylation sites is 1. The Labute approximate surface area is 162 Å². The summed E-state index contributed by atoms with van der Waals surface area (Å²) in [6.07, 6.45) is 2.83. The Morgan fingerprint density at radius 3 is 2.68 bits per heavy atom. The van der Waals surface area contributed by atoms with Gasteiger partial charge in [-0.3, -0.25) is 14.5 Å². The lowest BCUT2D eigenvalue weighted by molar-refractivity contribution is -0.145. The number of hydrogen-bond acceptors (Lipinski definition) is 6. The van der Waals surface area contributed by atoms with Crippen molar-refractivity contribution in [1.82, 2.24) is 9.99 Å². The summed E-state index contributed by atoms with van der Waals surface area (Å²) in [5, 5.41) is 3.57.